The summed E-state index contributed by atoms with van der Waals surface area (Å²) >= 11 is 12.1. The monoisotopic (exact) mass is 515 g/mol. The fraction of sp³-hybridized carbons (Fsp3) is 0.318. The van der Waals surface area contributed by atoms with Crippen molar-refractivity contribution >= 4 is 29.1 Å². The number of benzene rings is 2. The largest absolute Gasteiger partial charge is 0.390 e. The van der Waals surface area contributed by atoms with Gasteiger partial charge in [-0.05, 0) is 42.9 Å². The van der Waals surface area contributed by atoms with Crippen LogP contribution in [0.1, 0.15) is 18.0 Å². The number of nitrogens with one attached hydrogen (secondary N) is 2. The van der Waals surface area contributed by atoms with Crippen molar-refractivity contribution in [2.75, 3.05) is 13.6 Å². The van der Waals surface area contributed by atoms with Crippen LogP contribution in [0, 0.1) is 0 Å². The standard InChI is InChI=1S/C22H22Cl2F3N5O2/c1-28-12-18(16-4-2-3-5-17(16)24)29-19(33)13-32-21(34)31(11-10-22(25,26)27)20(30-32)14-6-8-15(23)9-7-14/h2-9,18,28H,10-13H2,1H3,(H,29,33). The summed E-state index contributed by atoms with van der Waals surface area (Å²) in [6.07, 6.45) is -5.69. The number of amides is 1. The van der Waals surface area contributed by atoms with Crippen LogP contribution in [0.2, 0.25) is 10.0 Å². The van der Waals surface area contributed by atoms with Crippen molar-refractivity contribution in [1.29, 1.82) is 0 Å². The van der Waals surface area contributed by atoms with Gasteiger partial charge in [0.15, 0.2) is 5.82 Å². The minimum absolute atomic E-state index is 0.0107. The lowest BCUT2D eigenvalue weighted by molar-refractivity contribution is -0.136. The molecule has 1 atom stereocenters. The number of carbonyl (C=O) groups excluding carboxylic acids is 1. The van der Waals surface area contributed by atoms with Gasteiger partial charge in [0.1, 0.15) is 6.54 Å². The fourth-order valence-corrected chi connectivity index (χ4v) is 3.77. The fourth-order valence-electron chi connectivity index (χ4n) is 3.37. The average molecular weight is 516 g/mol. The van der Waals surface area contributed by atoms with Gasteiger partial charge in [-0.25, -0.2) is 9.48 Å². The molecule has 1 amide bonds. The summed E-state index contributed by atoms with van der Waals surface area (Å²) in [6, 6.07) is 12.7. The molecule has 0 spiro atoms. The highest BCUT2D eigenvalue weighted by molar-refractivity contribution is 6.31. The van der Waals surface area contributed by atoms with Crippen LogP contribution in [-0.4, -0.2) is 40.0 Å². The maximum Gasteiger partial charge on any atom is 0.390 e. The number of hydrogen-bond donors (Lipinski definition) is 2. The first-order chi connectivity index (χ1) is 16.1. The van der Waals surface area contributed by atoms with Crippen LogP contribution >= 0.6 is 23.2 Å². The SMILES string of the molecule is CNCC(NC(=O)Cn1nc(-c2ccc(Cl)cc2)n(CCC(F)(F)F)c1=O)c1ccccc1Cl. The Hall–Kier alpha value is -2.82. The van der Waals surface area contributed by atoms with Crippen molar-refractivity contribution in [2.45, 2.75) is 31.7 Å². The molecule has 0 bridgehead atoms. The van der Waals surface area contributed by atoms with Crippen LogP contribution in [0.25, 0.3) is 11.4 Å². The van der Waals surface area contributed by atoms with E-state index < -0.39 is 43.3 Å². The molecule has 3 aromatic rings. The van der Waals surface area contributed by atoms with Gasteiger partial charge >= 0.3 is 11.9 Å². The second-order valence-corrected chi connectivity index (χ2v) is 8.33. The van der Waals surface area contributed by atoms with Gasteiger partial charge in [0.05, 0.1) is 12.5 Å². The minimum atomic E-state index is -4.47. The van der Waals surface area contributed by atoms with Crippen molar-refractivity contribution in [3.05, 3.63) is 74.6 Å². The Morgan fingerprint density at radius 1 is 1.12 bits per heavy atom. The van der Waals surface area contributed by atoms with Crippen LogP contribution in [0.3, 0.4) is 0 Å². The zero-order chi connectivity index (χ0) is 24.9. The summed E-state index contributed by atoms with van der Waals surface area (Å²) in [5.41, 5.74) is 0.246. The molecule has 1 heterocycles. The van der Waals surface area contributed by atoms with Crippen LogP contribution in [0.4, 0.5) is 13.2 Å². The van der Waals surface area contributed by atoms with Gasteiger partial charge in [-0.1, -0.05) is 41.4 Å². The summed E-state index contributed by atoms with van der Waals surface area (Å²) < 4.78 is 40.3. The Balaban J connectivity index is 1.88. The number of likely N-dealkylation sites (N-methyl/N-ethyl adjacent to an activating group) is 1. The molecular weight excluding hydrogens is 494 g/mol. The van der Waals surface area contributed by atoms with Gasteiger partial charge in [0.25, 0.3) is 0 Å². The molecular formula is C22H22Cl2F3N5O2. The van der Waals surface area contributed by atoms with Crippen molar-refractivity contribution < 1.29 is 18.0 Å². The first-order valence-electron chi connectivity index (χ1n) is 10.3. The molecule has 0 aliphatic carbocycles. The molecule has 0 radical (unpaired) electrons. The lowest BCUT2D eigenvalue weighted by Crippen LogP contribution is -2.39. The molecule has 34 heavy (non-hydrogen) atoms. The molecule has 0 fully saturated rings. The van der Waals surface area contributed by atoms with Crippen molar-refractivity contribution in [3.8, 4) is 11.4 Å². The van der Waals surface area contributed by atoms with E-state index >= 15 is 0 Å². The Kier molecular flexibility index (Phi) is 8.40. The highest BCUT2D eigenvalue weighted by Gasteiger charge is 2.29. The average Bonchev–Trinajstić information content (AvgIpc) is 3.07. The molecule has 7 nitrogen and oxygen atoms in total. The van der Waals surface area contributed by atoms with E-state index in [1.54, 1.807) is 43.4 Å². The highest BCUT2D eigenvalue weighted by atomic mass is 35.5. The van der Waals surface area contributed by atoms with Crippen molar-refractivity contribution in [3.63, 3.8) is 0 Å². The zero-order valence-electron chi connectivity index (χ0n) is 18.1. The number of halogens is 5. The van der Waals surface area contributed by atoms with Gasteiger partial charge in [0.2, 0.25) is 5.91 Å². The van der Waals surface area contributed by atoms with Crippen LogP contribution in [0.5, 0.6) is 0 Å². The van der Waals surface area contributed by atoms with E-state index in [4.69, 9.17) is 23.2 Å². The number of carbonyl (C=O) groups is 1. The van der Waals surface area contributed by atoms with E-state index in [0.717, 1.165) is 9.25 Å². The van der Waals surface area contributed by atoms with Crippen molar-refractivity contribution in [1.82, 2.24) is 25.0 Å². The molecule has 2 aromatic carbocycles. The van der Waals surface area contributed by atoms with Gasteiger partial charge in [-0.3, -0.25) is 9.36 Å². The lowest BCUT2D eigenvalue weighted by Gasteiger charge is -2.20. The Morgan fingerprint density at radius 2 is 1.79 bits per heavy atom. The molecule has 1 aromatic heterocycles. The smallest absolute Gasteiger partial charge is 0.346 e. The first kappa shape index (κ1) is 25.8. The Morgan fingerprint density at radius 3 is 2.41 bits per heavy atom. The summed E-state index contributed by atoms with van der Waals surface area (Å²) in [5.74, 6) is -0.540. The van der Waals surface area contributed by atoms with E-state index in [0.29, 0.717) is 27.7 Å². The Bertz CT molecular complexity index is 1190. The molecule has 1 unspecified atom stereocenters. The molecule has 182 valence electrons. The second-order valence-electron chi connectivity index (χ2n) is 7.49. The second kappa shape index (κ2) is 11.1. The number of hydrogen-bond acceptors (Lipinski definition) is 4. The molecule has 0 aliphatic rings. The molecule has 3 rings (SSSR count). The molecule has 12 heteroatoms. The molecule has 0 saturated heterocycles. The van der Waals surface area contributed by atoms with Crippen LogP contribution < -0.4 is 16.3 Å². The van der Waals surface area contributed by atoms with E-state index in [9.17, 15) is 22.8 Å². The maximum absolute atomic E-state index is 12.9. The lowest BCUT2D eigenvalue weighted by atomic mass is 10.1. The topological polar surface area (TPSA) is 80.9 Å². The van der Waals surface area contributed by atoms with Gasteiger partial charge < -0.3 is 10.6 Å². The van der Waals surface area contributed by atoms with E-state index in [1.165, 1.54) is 12.1 Å². The van der Waals surface area contributed by atoms with Crippen LogP contribution in [0.15, 0.2) is 53.3 Å². The minimum Gasteiger partial charge on any atom is -0.346 e. The van der Waals surface area contributed by atoms with E-state index in [-0.39, 0.29) is 5.82 Å². The maximum atomic E-state index is 12.9. The van der Waals surface area contributed by atoms with Gasteiger partial charge in [-0.2, -0.15) is 13.2 Å². The highest BCUT2D eigenvalue weighted by Crippen LogP contribution is 2.24. The molecule has 0 aliphatic heterocycles. The number of rotatable bonds is 9. The van der Waals surface area contributed by atoms with Gasteiger partial charge in [0, 0.05) is 28.7 Å². The number of nitrogens with zero attached hydrogens (tertiary/aromatic N) is 3. The van der Waals surface area contributed by atoms with E-state index in [1.807, 2.05) is 0 Å². The predicted molar refractivity (Wildman–Crippen MR) is 124 cm³/mol. The first-order valence-corrected chi connectivity index (χ1v) is 11.0. The third kappa shape index (κ3) is 6.62. The summed E-state index contributed by atoms with van der Waals surface area (Å²) in [5, 5.41) is 10.8. The zero-order valence-corrected chi connectivity index (χ0v) is 19.6. The third-order valence-electron chi connectivity index (χ3n) is 4.96. The molecule has 2 N–H and O–H groups in total. The van der Waals surface area contributed by atoms with Crippen LogP contribution in [-0.2, 0) is 17.9 Å². The Labute approximate surface area is 203 Å². The van der Waals surface area contributed by atoms with Crippen molar-refractivity contribution in [2.24, 2.45) is 0 Å². The normalized spacial score (nSPS) is 12.5. The third-order valence-corrected chi connectivity index (χ3v) is 5.56. The van der Waals surface area contributed by atoms with E-state index in [2.05, 4.69) is 15.7 Å². The number of alkyl halides is 3. The summed E-state index contributed by atoms with van der Waals surface area (Å²) in [6.45, 7) is -0.757. The summed E-state index contributed by atoms with van der Waals surface area (Å²) in [7, 11) is 1.71. The number of aromatic nitrogens is 3. The molecule has 0 saturated carbocycles. The quantitative estimate of drug-likeness (QED) is 0.450. The predicted octanol–water partition coefficient (Wildman–Crippen LogP) is 4.05. The van der Waals surface area contributed by atoms with Gasteiger partial charge in [-0.15, -0.1) is 5.10 Å². The summed E-state index contributed by atoms with van der Waals surface area (Å²) in [4.78, 5) is 25.6.